The van der Waals surface area contributed by atoms with Gasteiger partial charge >= 0.3 is 5.97 Å². The van der Waals surface area contributed by atoms with Crippen LogP contribution in [0, 0.1) is 13.8 Å². The summed E-state index contributed by atoms with van der Waals surface area (Å²) in [5, 5.41) is 5.94. The third-order valence-electron chi connectivity index (χ3n) is 3.94. The molecule has 0 saturated carbocycles. The van der Waals surface area contributed by atoms with Crippen LogP contribution in [0.3, 0.4) is 0 Å². The lowest BCUT2D eigenvalue weighted by atomic mass is 10.1. The van der Waals surface area contributed by atoms with Gasteiger partial charge in [0.05, 0.1) is 25.0 Å². The number of ether oxygens (including phenoxy) is 2. The molecule has 0 bridgehead atoms. The molecule has 3 rings (SSSR count). The number of esters is 1. The summed E-state index contributed by atoms with van der Waals surface area (Å²) in [5.74, 6) is 0.438. The van der Waals surface area contributed by atoms with Crippen LogP contribution in [0.15, 0.2) is 29.6 Å². The summed E-state index contributed by atoms with van der Waals surface area (Å²) in [7, 11) is 1.63. The first-order valence-corrected chi connectivity index (χ1v) is 9.14. The molecule has 2 N–H and O–H groups in total. The van der Waals surface area contributed by atoms with E-state index in [1.54, 1.807) is 14.0 Å². The fourth-order valence-electron chi connectivity index (χ4n) is 2.83. The topological polar surface area (TPSA) is 76.2 Å². The molecule has 26 heavy (non-hydrogen) atoms. The zero-order valence-corrected chi connectivity index (χ0v) is 16.0. The number of thiazole rings is 1. The number of aromatic nitrogens is 2. The Morgan fingerprint density at radius 2 is 2.12 bits per heavy atom. The van der Waals surface area contributed by atoms with Crippen molar-refractivity contribution in [2.24, 2.45) is 0 Å². The number of H-pyrrole nitrogens is 1. The number of carbonyl (C=O) groups excluding carboxylic acids is 1. The van der Waals surface area contributed by atoms with Crippen LogP contribution in [0.25, 0.3) is 11.3 Å². The zero-order valence-electron chi connectivity index (χ0n) is 15.2. The van der Waals surface area contributed by atoms with E-state index in [9.17, 15) is 4.79 Å². The number of aryl methyl sites for hydroxylation is 2. The van der Waals surface area contributed by atoms with E-state index in [-0.39, 0.29) is 5.97 Å². The molecule has 0 aliphatic rings. The van der Waals surface area contributed by atoms with Gasteiger partial charge in [-0.05, 0) is 32.9 Å². The Hall–Kier alpha value is -2.80. The van der Waals surface area contributed by atoms with Crippen molar-refractivity contribution in [3.05, 3.63) is 46.6 Å². The third kappa shape index (κ3) is 3.57. The Bertz CT molecular complexity index is 930. The Balaban J connectivity index is 1.91. The average molecular weight is 371 g/mol. The van der Waals surface area contributed by atoms with Crippen molar-refractivity contribution in [2.75, 3.05) is 19.0 Å². The highest BCUT2D eigenvalue weighted by Gasteiger charge is 2.23. The molecule has 0 amide bonds. The van der Waals surface area contributed by atoms with Crippen molar-refractivity contribution in [3.8, 4) is 17.0 Å². The van der Waals surface area contributed by atoms with Gasteiger partial charge in [-0.25, -0.2) is 9.78 Å². The highest BCUT2D eigenvalue weighted by molar-refractivity contribution is 7.14. The highest BCUT2D eigenvalue weighted by Crippen LogP contribution is 2.34. The van der Waals surface area contributed by atoms with E-state index in [0.29, 0.717) is 12.2 Å². The summed E-state index contributed by atoms with van der Waals surface area (Å²) in [6, 6.07) is 7.64. The largest absolute Gasteiger partial charge is 0.497 e. The summed E-state index contributed by atoms with van der Waals surface area (Å²) in [4.78, 5) is 20.2. The number of aromatic amines is 1. The number of nitrogens with zero attached hydrogens (tertiary/aromatic N) is 1. The summed E-state index contributed by atoms with van der Waals surface area (Å²) in [6.45, 7) is 5.93. The van der Waals surface area contributed by atoms with Crippen molar-refractivity contribution in [1.82, 2.24) is 9.97 Å². The maximum Gasteiger partial charge on any atom is 0.340 e. The standard InChI is InChI=1S/C19H21N3O3S/c1-5-25-18(23)17-12(3)20-11(2)16(17)15-10-26-19(22-15)21-13-7-6-8-14(9-13)24-4/h6-10,20H,5H2,1-4H3,(H,21,22). The van der Waals surface area contributed by atoms with Gasteiger partial charge in [-0.15, -0.1) is 11.3 Å². The van der Waals surface area contributed by atoms with E-state index in [4.69, 9.17) is 9.47 Å². The smallest absolute Gasteiger partial charge is 0.340 e. The van der Waals surface area contributed by atoms with Gasteiger partial charge in [-0.2, -0.15) is 0 Å². The number of carbonyl (C=O) groups is 1. The van der Waals surface area contributed by atoms with Gasteiger partial charge in [0.2, 0.25) is 0 Å². The van der Waals surface area contributed by atoms with E-state index in [2.05, 4.69) is 15.3 Å². The quantitative estimate of drug-likeness (QED) is 0.615. The van der Waals surface area contributed by atoms with Crippen LogP contribution >= 0.6 is 11.3 Å². The molecule has 2 heterocycles. The van der Waals surface area contributed by atoms with E-state index in [0.717, 1.165) is 39.2 Å². The van der Waals surface area contributed by atoms with Gasteiger partial charge in [-0.1, -0.05) is 6.07 Å². The van der Waals surface area contributed by atoms with Crippen LogP contribution in [-0.2, 0) is 4.74 Å². The van der Waals surface area contributed by atoms with Gasteiger partial charge in [-0.3, -0.25) is 0 Å². The maximum absolute atomic E-state index is 12.3. The average Bonchev–Trinajstić information content (AvgIpc) is 3.18. The maximum atomic E-state index is 12.3. The molecule has 0 unspecified atom stereocenters. The van der Waals surface area contributed by atoms with Gasteiger partial charge in [0.1, 0.15) is 5.75 Å². The van der Waals surface area contributed by atoms with Crippen LogP contribution in [0.4, 0.5) is 10.8 Å². The van der Waals surface area contributed by atoms with Crippen LogP contribution in [-0.4, -0.2) is 29.7 Å². The second kappa shape index (κ2) is 7.61. The normalized spacial score (nSPS) is 10.6. The minimum Gasteiger partial charge on any atom is -0.497 e. The minimum atomic E-state index is -0.334. The molecule has 6 nitrogen and oxygen atoms in total. The van der Waals surface area contributed by atoms with E-state index < -0.39 is 0 Å². The molecule has 0 aliphatic carbocycles. The first-order chi connectivity index (χ1) is 12.5. The lowest BCUT2D eigenvalue weighted by molar-refractivity contribution is 0.0526. The molecule has 0 fully saturated rings. The number of methoxy groups -OCH3 is 1. The second-order valence-electron chi connectivity index (χ2n) is 5.74. The number of hydrogen-bond acceptors (Lipinski definition) is 6. The Kier molecular flexibility index (Phi) is 5.27. The van der Waals surface area contributed by atoms with Crippen molar-refractivity contribution in [1.29, 1.82) is 0 Å². The predicted molar refractivity (Wildman–Crippen MR) is 104 cm³/mol. The molecule has 0 aliphatic heterocycles. The van der Waals surface area contributed by atoms with E-state index in [1.807, 2.05) is 43.5 Å². The molecule has 2 aromatic heterocycles. The Morgan fingerprint density at radius 3 is 2.85 bits per heavy atom. The Labute approximate surface area is 156 Å². The van der Waals surface area contributed by atoms with Crippen LogP contribution < -0.4 is 10.1 Å². The number of nitrogens with one attached hydrogen (secondary N) is 2. The molecular formula is C19H21N3O3S. The molecule has 3 aromatic rings. The monoisotopic (exact) mass is 371 g/mol. The van der Waals surface area contributed by atoms with Gasteiger partial charge in [0.25, 0.3) is 0 Å². The SMILES string of the molecule is CCOC(=O)c1c(C)[nH]c(C)c1-c1csc(Nc2cccc(OC)c2)n1. The van der Waals surface area contributed by atoms with Crippen LogP contribution in [0.5, 0.6) is 5.75 Å². The molecule has 0 saturated heterocycles. The number of rotatable bonds is 6. The molecular weight excluding hydrogens is 350 g/mol. The molecule has 0 spiro atoms. The van der Waals surface area contributed by atoms with Crippen molar-refractivity contribution < 1.29 is 14.3 Å². The Morgan fingerprint density at radius 1 is 1.31 bits per heavy atom. The summed E-state index contributed by atoms with van der Waals surface area (Å²) < 4.78 is 10.4. The van der Waals surface area contributed by atoms with Gasteiger partial charge < -0.3 is 19.8 Å². The molecule has 1 aromatic carbocycles. The molecule has 0 atom stereocenters. The minimum absolute atomic E-state index is 0.334. The van der Waals surface area contributed by atoms with Crippen molar-refractivity contribution in [2.45, 2.75) is 20.8 Å². The summed E-state index contributed by atoms with van der Waals surface area (Å²) in [5.41, 5.74) is 4.64. The van der Waals surface area contributed by atoms with E-state index >= 15 is 0 Å². The third-order valence-corrected chi connectivity index (χ3v) is 4.69. The number of anilines is 2. The second-order valence-corrected chi connectivity index (χ2v) is 6.60. The number of hydrogen-bond donors (Lipinski definition) is 2. The predicted octanol–water partition coefficient (Wildman–Crippen LogP) is 4.68. The van der Waals surface area contributed by atoms with Crippen LogP contribution in [0.1, 0.15) is 28.7 Å². The zero-order chi connectivity index (χ0) is 18.7. The van der Waals surface area contributed by atoms with Crippen molar-refractivity contribution >= 4 is 28.1 Å². The molecule has 0 radical (unpaired) electrons. The fraction of sp³-hybridized carbons (Fsp3) is 0.263. The van der Waals surface area contributed by atoms with Gasteiger partial charge in [0.15, 0.2) is 5.13 Å². The van der Waals surface area contributed by atoms with Gasteiger partial charge in [0, 0.05) is 34.1 Å². The first kappa shape index (κ1) is 18.0. The van der Waals surface area contributed by atoms with Crippen molar-refractivity contribution in [3.63, 3.8) is 0 Å². The lowest BCUT2D eigenvalue weighted by Gasteiger charge is -2.05. The van der Waals surface area contributed by atoms with Crippen LogP contribution in [0.2, 0.25) is 0 Å². The van der Waals surface area contributed by atoms with E-state index in [1.165, 1.54) is 11.3 Å². The molecule has 7 heteroatoms. The summed E-state index contributed by atoms with van der Waals surface area (Å²) in [6.07, 6.45) is 0. The highest BCUT2D eigenvalue weighted by atomic mass is 32.1. The first-order valence-electron chi connectivity index (χ1n) is 8.26. The summed E-state index contributed by atoms with van der Waals surface area (Å²) >= 11 is 1.48. The fourth-order valence-corrected chi connectivity index (χ4v) is 3.55. The molecule has 136 valence electrons. The number of benzene rings is 1. The lowest BCUT2D eigenvalue weighted by Crippen LogP contribution is -2.06.